The zero-order valence-corrected chi connectivity index (χ0v) is 13.8. The van der Waals surface area contributed by atoms with Gasteiger partial charge in [-0.05, 0) is 35.9 Å². The third-order valence-electron chi connectivity index (χ3n) is 2.68. The van der Waals surface area contributed by atoms with E-state index >= 15 is 0 Å². The van der Waals surface area contributed by atoms with Crippen molar-refractivity contribution in [1.29, 1.82) is 0 Å². The molecule has 0 atom stereocenters. The maximum atomic E-state index is 13.7. The molecular weight excluding hydrogens is 383 g/mol. The summed E-state index contributed by atoms with van der Waals surface area (Å²) in [5, 5.41) is -0.168. The van der Waals surface area contributed by atoms with Gasteiger partial charge in [0.1, 0.15) is 5.82 Å². The Morgan fingerprint density at radius 3 is 2.62 bits per heavy atom. The number of sulfonamides is 1. The molecule has 0 heterocycles. The quantitative estimate of drug-likeness (QED) is 0.835. The first-order chi connectivity index (χ1) is 9.83. The third-order valence-corrected chi connectivity index (χ3v) is 4.96. The fourth-order valence-electron chi connectivity index (χ4n) is 1.69. The zero-order valence-electron chi connectivity index (χ0n) is 10.6. The Bertz CT molecular complexity index is 784. The Morgan fingerprint density at radius 2 is 2.00 bits per heavy atom. The Morgan fingerprint density at radius 1 is 1.29 bits per heavy atom. The lowest BCUT2D eigenvalue weighted by atomic mass is 10.2. The molecule has 0 bridgehead atoms. The second-order valence-corrected chi connectivity index (χ2v) is 7.17. The van der Waals surface area contributed by atoms with Crippen LogP contribution in [0.3, 0.4) is 0 Å². The lowest BCUT2D eigenvalue weighted by molar-refractivity contribution is 0.594. The van der Waals surface area contributed by atoms with Crippen molar-refractivity contribution in [3.05, 3.63) is 57.3 Å². The van der Waals surface area contributed by atoms with E-state index in [2.05, 4.69) is 20.7 Å². The highest BCUT2D eigenvalue weighted by Gasteiger charge is 2.18. The molecule has 0 saturated carbocycles. The van der Waals surface area contributed by atoms with Crippen LogP contribution >= 0.6 is 27.5 Å². The summed E-state index contributed by atoms with van der Waals surface area (Å²) in [6.07, 6.45) is 0. The molecule has 0 aliphatic rings. The highest BCUT2D eigenvalue weighted by atomic mass is 79.9. The van der Waals surface area contributed by atoms with Crippen molar-refractivity contribution in [3.8, 4) is 0 Å². The van der Waals surface area contributed by atoms with E-state index in [-0.39, 0.29) is 22.0 Å². The lowest BCUT2D eigenvalue weighted by Crippen LogP contribution is -2.14. The third kappa shape index (κ3) is 3.74. The Balaban J connectivity index is 2.42. The Labute approximate surface area is 135 Å². The molecule has 2 aromatic rings. The van der Waals surface area contributed by atoms with Crippen LogP contribution in [0, 0.1) is 5.82 Å². The molecule has 0 radical (unpaired) electrons. The highest BCUT2D eigenvalue weighted by molar-refractivity contribution is 9.10. The topological polar surface area (TPSA) is 72.2 Å². The fraction of sp³-hybridized carbons (Fsp3) is 0.0769. The molecule has 0 aliphatic carbocycles. The van der Waals surface area contributed by atoms with Gasteiger partial charge in [0.2, 0.25) is 0 Å². The number of halogens is 3. The van der Waals surface area contributed by atoms with Crippen LogP contribution in [0.25, 0.3) is 0 Å². The van der Waals surface area contributed by atoms with Crippen molar-refractivity contribution < 1.29 is 12.8 Å². The smallest absolute Gasteiger partial charge is 0.262 e. The molecule has 4 nitrogen and oxygen atoms in total. The van der Waals surface area contributed by atoms with Gasteiger partial charge in [-0.2, -0.15) is 0 Å². The van der Waals surface area contributed by atoms with Gasteiger partial charge in [-0.3, -0.25) is 4.72 Å². The highest BCUT2D eigenvalue weighted by Crippen LogP contribution is 2.26. The van der Waals surface area contributed by atoms with Crippen LogP contribution in [0.1, 0.15) is 5.56 Å². The van der Waals surface area contributed by atoms with Crippen molar-refractivity contribution in [2.75, 3.05) is 4.72 Å². The summed E-state index contributed by atoms with van der Waals surface area (Å²) >= 11 is 8.96. The number of anilines is 1. The lowest BCUT2D eigenvalue weighted by Gasteiger charge is -2.11. The summed E-state index contributed by atoms with van der Waals surface area (Å²) < 4.78 is 41.3. The van der Waals surface area contributed by atoms with Gasteiger partial charge in [-0.25, -0.2) is 12.8 Å². The normalized spacial score (nSPS) is 11.4. The maximum Gasteiger partial charge on any atom is 0.262 e. The van der Waals surface area contributed by atoms with Gasteiger partial charge in [0.25, 0.3) is 10.0 Å². The fourth-order valence-corrected chi connectivity index (χ4v) is 3.38. The average Bonchev–Trinajstić information content (AvgIpc) is 2.41. The minimum atomic E-state index is -3.93. The van der Waals surface area contributed by atoms with Gasteiger partial charge in [-0.1, -0.05) is 33.6 Å². The van der Waals surface area contributed by atoms with Crippen LogP contribution in [0.5, 0.6) is 0 Å². The predicted octanol–water partition coefficient (Wildman–Crippen LogP) is 3.50. The minimum Gasteiger partial charge on any atom is -0.326 e. The number of hydrogen-bond acceptors (Lipinski definition) is 3. The average molecular weight is 394 g/mol. The minimum absolute atomic E-state index is 0.0595. The molecule has 21 heavy (non-hydrogen) atoms. The van der Waals surface area contributed by atoms with Crippen LogP contribution < -0.4 is 10.5 Å². The molecule has 2 aromatic carbocycles. The van der Waals surface area contributed by atoms with Crippen LogP contribution in [0.2, 0.25) is 5.02 Å². The number of benzene rings is 2. The van der Waals surface area contributed by atoms with Crippen molar-refractivity contribution >= 4 is 43.2 Å². The first-order valence-electron chi connectivity index (χ1n) is 5.80. The summed E-state index contributed by atoms with van der Waals surface area (Å²) in [6.45, 7) is -0.0595. The van der Waals surface area contributed by atoms with Gasteiger partial charge in [0, 0.05) is 16.7 Å². The Hall–Kier alpha value is -1.15. The van der Waals surface area contributed by atoms with Crippen molar-refractivity contribution in [1.82, 2.24) is 0 Å². The molecule has 0 saturated heterocycles. The summed E-state index contributed by atoms with van der Waals surface area (Å²) in [4.78, 5) is -0.232. The van der Waals surface area contributed by atoms with Gasteiger partial charge in [0.15, 0.2) is 0 Å². The van der Waals surface area contributed by atoms with E-state index in [1.165, 1.54) is 6.07 Å². The molecule has 2 rings (SSSR count). The SMILES string of the molecule is NCc1cc(S(=O)(=O)Nc2cccc(Br)c2)cc(F)c1Cl. The molecule has 0 unspecified atom stereocenters. The van der Waals surface area contributed by atoms with Crippen molar-refractivity contribution in [3.63, 3.8) is 0 Å². The van der Waals surface area contributed by atoms with Crippen molar-refractivity contribution in [2.45, 2.75) is 11.4 Å². The second-order valence-electron chi connectivity index (χ2n) is 4.20. The number of nitrogens with one attached hydrogen (secondary N) is 1. The van der Waals surface area contributed by atoms with Crippen LogP contribution in [0.15, 0.2) is 45.8 Å². The first-order valence-corrected chi connectivity index (χ1v) is 8.45. The number of hydrogen-bond donors (Lipinski definition) is 2. The largest absolute Gasteiger partial charge is 0.326 e. The second kappa shape index (κ2) is 6.31. The summed E-state index contributed by atoms with van der Waals surface area (Å²) in [7, 11) is -3.93. The standard InChI is InChI=1S/C13H11BrClFN2O2S/c14-9-2-1-3-10(5-9)18-21(19,20)11-4-8(7-17)13(15)12(16)6-11/h1-6,18H,7,17H2. The van der Waals surface area contributed by atoms with E-state index in [1.807, 2.05) is 0 Å². The first kappa shape index (κ1) is 16.2. The van der Waals surface area contributed by atoms with Crippen LogP contribution in [0.4, 0.5) is 10.1 Å². The van der Waals surface area contributed by atoms with Crippen LogP contribution in [-0.2, 0) is 16.6 Å². The monoisotopic (exact) mass is 392 g/mol. The molecule has 3 N–H and O–H groups in total. The molecule has 0 spiro atoms. The molecule has 0 aliphatic heterocycles. The van der Waals surface area contributed by atoms with E-state index < -0.39 is 15.8 Å². The van der Waals surface area contributed by atoms with E-state index in [0.717, 1.165) is 6.07 Å². The number of nitrogens with two attached hydrogens (primary N) is 1. The zero-order chi connectivity index (χ0) is 15.6. The summed E-state index contributed by atoms with van der Waals surface area (Å²) in [5.41, 5.74) is 6.02. The number of rotatable bonds is 4. The van der Waals surface area contributed by atoms with Crippen molar-refractivity contribution in [2.24, 2.45) is 5.73 Å². The van der Waals surface area contributed by atoms with Crippen LogP contribution in [-0.4, -0.2) is 8.42 Å². The molecule has 0 amide bonds. The maximum absolute atomic E-state index is 13.7. The van der Waals surface area contributed by atoms with E-state index in [9.17, 15) is 12.8 Å². The summed E-state index contributed by atoms with van der Waals surface area (Å²) in [5.74, 6) is -0.825. The van der Waals surface area contributed by atoms with E-state index in [1.54, 1.807) is 24.3 Å². The molecule has 0 aromatic heterocycles. The van der Waals surface area contributed by atoms with E-state index in [0.29, 0.717) is 10.2 Å². The van der Waals surface area contributed by atoms with Gasteiger partial charge in [0.05, 0.1) is 9.92 Å². The molecule has 112 valence electrons. The molecule has 0 fully saturated rings. The van der Waals surface area contributed by atoms with Gasteiger partial charge in [-0.15, -0.1) is 0 Å². The molecule has 8 heteroatoms. The predicted molar refractivity (Wildman–Crippen MR) is 84.3 cm³/mol. The Kier molecular flexibility index (Phi) is 4.88. The van der Waals surface area contributed by atoms with E-state index in [4.69, 9.17) is 17.3 Å². The van der Waals surface area contributed by atoms with Gasteiger partial charge >= 0.3 is 0 Å². The van der Waals surface area contributed by atoms with Gasteiger partial charge < -0.3 is 5.73 Å². The summed E-state index contributed by atoms with van der Waals surface area (Å²) in [6, 6.07) is 8.72. The molecular formula is C13H11BrClFN2O2S.